The molecule has 0 saturated carbocycles. The Labute approximate surface area is 139 Å². The van der Waals surface area contributed by atoms with Gasteiger partial charge in [-0.15, -0.1) is 0 Å². The first-order valence-corrected chi connectivity index (χ1v) is 7.94. The van der Waals surface area contributed by atoms with Crippen molar-refractivity contribution in [2.75, 3.05) is 12.8 Å². The number of carbonyl (C=O) groups excluding carboxylic acids is 1. The quantitative estimate of drug-likeness (QED) is 0.823. The molecule has 25 heavy (non-hydrogen) atoms. The minimum absolute atomic E-state index is 0.0487. The van der Waals surface area contributed by atoms with Crippen LogP contribution in [0.15, 0.2) is 35.4 Å². The number of esters is 1. The van der Waals surface area contributed by atoms with E-state index >= 15 is 0 Å². The number of nitrogens with two attached hydrogens (primary N) is 1. The highest BCUT2D eigenvalue weighted by Crippen LogP contribution is 2.31. The average Bonchev–Trinajstić information content (AvgIpc) is 2.89. The van der Waals surface area contributed by atoms with Gasteiger partial charge in [-0.2, -0.15) is 18.4 Å². The standard InChI is InChI=1S/C14H10F3N3O4S/c1-24-13(21)12-11(19)8(6-18)7-20(12)9-2-4-10(5-3-9)25(22,23)14(15,16)17/h2-5,7H,19H2,1H3. The van der Waals surface area contributed by atoms with E-state index in [0.717, 1.165) is 35.9 Å². The zero-order chi connectivity index (χ0) is 19.0. The SMILES string of the molecule is COC(=O)c1c(N)c(C#N)cn1-c1ccc(S(=O)(=O)C(F)(F)F)cc1. The van der Waals surface area contributed by atoms with Crippen molar-refractivity contribution >= 4 is 21.5 Å². The highest BCUT2D eigenvalue weighted by atomic mass is 32.2. The fourth-order valence-corrected chi connectivity index (χ4v) is 2.80. The van der Waals surface area contributed by atoms with Gasteiger partial charge in [-0.25, -0.2) is 13.2 Å². The lowest BCUT2D eigenvalue weighted by Crippen LogP contribution is -2.23. The smallest absolute Gasteiger partial charge is 0.464 e. The summed E-state index contributed by atoms with van der Waals surface area (Å²) in [6.45, 7) is 0. The van der Waals surface area contributed by atoms with Crippen LogP contribution in [0.4, 0.5) is 18.9 Å². The van der Waals surface area contributed by atoms with Crippen LogP contribution in [0.5, 0.6) is 0 Å². The van der Waals surface area contributed by atoms with Crippen LogP contribution in [0.25, 0.3) is 5.69 Å². The molecule has 1 heterocycles. The molecule has 0 amide bonds. The number of nitrogen functional groups attached to an aromatic ring is 1. The summed E-state index contributed by atoms with van der Waals surface area (Å²) in [5.41, 5.74) is -0.0344. The highest BCUT2D eigenvalue weighted by Gasteiger charge is 2.46. The number of ether oxygens (including phenoxy) is 1. The van der Waals surface area contributed by atoms with Crippen molar-refractivity contribution in [1.29, 1.82) is 5.26 Å². The number of alkyl halides is 3. The van der Waals surface area contributed by atoms with Gasteiger partial charge >= 0.3 is 11.5 Å². The Hall–Kier alpha value is -3.00. The van der Waals surface area contributed by atoms with Crippen molar-refractivity contribution in [2.24, 2.45) is 0 Å². The number of benzene rings is 1. The fraction of sp³-hybridized carbons (Fsp3) is 0.143. The van der Waals surface area contributed by atoms with Crippen LogP contribution in [-0.4, -0.2) is 31.6 Å². The first-order chi connectivity index (χ1) is 11.5. The van der Waals surface area contributed by atoms with Gasteiger partial charge in [-0.05, 0) is 24.3 Å². The topological polar surface area (TPSA) is 115 Å². The zero-order valence-corrected chi connectivity index (χ0v) is 13.4. The van der Waals surface area contributed by atoms with Crippen LogP contribution in [0.1, 0.15) is 16.1 Å². The van der Waals surface area contributed by atoms with Crippen molar-refractivity contribution in [3.63, 3.8) is 0 Å². The lowest BCUT2D eigenvalue weighted by Gasteiger charge is -2.11. The number of aromatic nitrogens is 1. The summed E-state index contributed by atoms with van der Waals surface area (Å²) in [5, 5.41) is 9.00. The van der Waals surface area contributed by atoms with Crippen LogP contribution in [0.3, 0.4) is 0 Å². The Bertz CT molecular complexity index is 970. The second-order valence-electron chi connectivity index (χ2n) is 4.72. The van der Waals surface area contributed by atoms with Gasteiger partial charge in [-0.1, -0.05) is 0 Å². The number of nitriles is 1. The van der Waals surface area contributed by atoms with Gasteiger partial charge in [0.1, 0.15) is 6.07 Å². The van der Waals surface area contributed by atoms with Gasteiger partial charge in [0.2, 0.25) is 0 Å². The molecule has 0 aliphatic carbocycles. The molecular formula is C14H10F3N3O4S. The lowest BCUT2D eigenvalue weighted by atomic mass is 10.2. The van der Waals surface area contributed by atoms with Crippen molar-refractivity contribution in [1.82, 2.24) is 4.57 Å². The van der Waals surface area contributed by atoms with Gasteiger partial charge in [0.15, 0.2) is 5.69 Å². The van der Waals surface area contributed by atoms with Gasteiger partial charge < -0.3 is 15.0 Å². The lowest BCUT2D eigenvalue weighted by molar-refractivity contribution is -0.0436. The molecule has 0 radical (unpaired) electrons. The van der Waals surface area contributed by atoms with Crippen LogP contribution >= 0.6 is 0 Å². The third kappa shape index (κ3) is 3.03. The second kappa shape index (κ2) is 6.14. The van der Waals surface area contributed by atoms with E-state index in [-0.39, 0.29) is 22.6 Å². The maximum atomic E-state index is 12.6. The molecule has 0 saturated heterocycles. The predicted octanol–water partition coefficient (Wildman–Crippen LogP) is 2.01. The maximum Gasteiger partial charge on any atom is 0.501 e. The molecule has 0 fully saturated rings. The summed E-state index contributed by atoms with van der Waals surface area (Å²) in [6, 6.07) is 5.33. The molecule has 0 atom stereocenters. The summed E-state index contributed by atoms with van der Waals surface area (Å²) in [5.74, 6) is -0.869. The van der Waals surface area contributed by atoms with E-state index in [1.54, 1.807) is 6.07 Å². The Morgan fingerprint density at radius 2 is 1.84 bits per heavy atom. The number of hydrogen-bond donors (Lipinski definition) is 1. The summed E-state index contributed by atoms with van der Waals surface area (Å²) in [4.78, 5) is 10.9. The van der Waals surface area contributed by atoms with Gasteiger partial charge in [0, 0.05) is 11.9 Å². The number of carbonyl (C=O) groups is 1. The maximum absolute atomic E-state index is 12.6. The van der Waals surface area contributed by atoms with Gasteiger partial charge in [0.05, 0.1) is 23.3 Å². The first kappa shape index (κ1) is 18.3. The minimum atomic E-state index is -5.49. The van der Waals surface area contributed by atoms with E-state index < -0.39 is 26.2 Å². The Morgan fingerprint density at radius 1 is 1.28 bits per heavy atom. The second-order valence-corrected chi connectivity index (χ2v) is 6.66. The van der Waals surface area contributed by atoms with E-state index in [0.29, 0.717) is 0 Å². The van der Waals surface area contributed by atoms with E-state index in [1.165, 1.54) is 6.20 Å². The number of nitrogens with zero attached hydrogens (tertiary/aromatic N) is 2. The molecule has 2 aromatic rings. The molecule has 0 unspecified atom stereocenters. The normalized spacial score (nSPS) is 11.8. The van der Waals surface area contributed by atoms with Crippen LogP contribution in [0.2, 0.25) is 0 Å². The van der Waals surface area contributed by atoms with Crippen LogP contribution in [0, 0.1) is 11.3 Å². The third-order valence-corrected chi connectivity index (χ3v) is 4.78. The van der Waals surface area contributed by atoms with Gasteiger partial charge in [-0.3, -0.25) is 0 Å². The molecular weight excluding hydrogens is 363 g/mol. The van der Waals surface area contributed by atoms with Gasteiger partial charge in [0.25, 0.3) is 9.84 Å². The first-order valence-electron chi connectivity index (χ1n) is 6.45. The number of halogens is 3. The summed E-state index contributed by atoms with van der Waals surface area (Å²) in [6.07, 6.45) is 1.19. The highest BCUT2D eigenvalue weighted by molar-refractivity contribution is 7.92. The number of hydrogen-bond acceptors (Lipinski definition) is 6. The predicted molar refractivity (Wildman–Crippen MR) is 79.5 cm³/mol. The third-order valence-electron chi connectivity index (χ3n) is 3.27. The molecule has 1 aromatic carbocycles. The zero-order valence-electron chi connectivity index (χ0n) is 12.5. The summed E-state index contributed by atoms with van der Waals surface area (Å²) < 4.78 is 66.1. The van der Waals surface area contributed by atoms with Crippen LogP contribution < -0.4 is 5.73 Å². The monoisotopic (exact) mass is 373 g/mol. The van der Waals surface area contributed by atoms with E-state index in [1.807, 2.05) is 0 Å². The Kier molecular flexibility index (Phi) is 4.50. The molecule has 7 nitrogen and oxygen atoms in total. The van der Waals surface area contributed by atoms with Crippen molar-refractivity contribution < 1.29 is 31.1 Å². The molecule has 0 aliphatic rings. The Morgan fingerprint density at radius 3 is 2.28 bits per heavy atom. The number of rotatable bonds is 3. The van der Waals surface area contributed by atoms with Crippen molar-refractivity contribution in [3.05, 3.63) is 41.7 Å². The fourth-order valence-electron chi connectivity index (χ4n) is 2.04. The number of anilines is 1. The Balaban J connectivity index is 2.59. The number of sulfone groups is 1. The number of methoxy groups -OCH3 is 1. The molecule has 0 spiro atoms. The molecule has 2 rings (SSSR count). The molecule has 2 N–H and O–H groups in total. The molecule has 0 aliphatic heterocycles. The van der Waals surface area contributed by atoms with Crippen molar-refractivity contribution in [2.45, 2.75) is 10.4 Å². The molecule has 0 bridgehead atoms. The van der Waals surface area contributed by atoms with E-state index in [2.05, 4.69) is 4.74 Å². The summed E-state index contributed by atoms with van der Waals surface area (Å²) >= 11 is 0. The largest absolute Gasteiger partial charge is 0.501 e. The van der Waals surface area contributed by atoms with Crippen LogP contribution in [-0.2, 0) is 14.6 Å². The van der Waals surface area contributed by atoms with E-state index in [9.17, 15) is 26.4 Å². The summed E-state index contributed by atoms with van der Waals surface area (Å²) in [7, 11) is -4.40. The van der Waals surface area contributed by atoms with Crippen molar-refractivity contribution in [3.8, 4) is 11.8 Å². The molecule has 1 aromatic heterocycles. The minimum Gasteiger partial charge on any atom is -0.464 e. The molecule has 11 heteroatoms. The average molecular weight is 373 g/mol. The van der Waals surface area contributed by atoms with E-state index in [4.69, 9.17) is 11.0 Å². The molecule has 132 valence electrons.